The normalized spacial score (nSPS) is 10.8. The molecule has 0 fully saturated rings. The molecule has 0 amide bonds. The molecule has 0 aliphatic carbocycles. The van der Waals surface area contributed by atoms with Gasteiger partial charge in [0.15, 0.2) is 0 Å². The Balaban J connectivity index is 3.17. The third-order valence-electron chi connectivity index (χ3n) is 2.63. The fourth-order valence-corrected chi connectivity index (χ4v) is 2.00. The molecule has 0 spiro atoms. The van der Waals surface area contributed by atoms with E-state index in [4.69, 9.17) is 4.42 Å². The van der Waals surface area contributed by atoms with Crippen molar-refractivity contribution in [2.75, 3.05) is 0 Å². The number of furan rings is 1. The molecule has 0 saturated heterocycles. The Hall–Kier alpha value is -0.720. The highest BCUT2D eigenvalue weighted by Crippen LogP contribution is 2.24. The second kappa shape index (κ2) is 4.50. The SMILES string of the molecule is CCc1oc(CC)c(CC)c1CC. The first-order chi connectivity index (χ1) is 6.28. The molecule has 1 rings (SSSR count). The van der Waals surface area contributed by atoms with Gasteiger partial charge in [0.25, 0.3) is 0 Å². The first kappa shape index (κ1) is 10.4. The molecule has 1 nitrogen and oxygen atoms in total. The summed E-state index contributed by atoms with van der Waals surface area (Å²) in [5.41, 5.74) is 2.92. The second-order valence-electron chi connectivity index (χ2n) is 3.32. The molecule has 0 N–H and O–H groups in total. The van der Waals surface area contributed by atoms with Crippen LogP contribution in [0.5, 0.6) is 0 Å². The van der Waals surface area contributed by atoms with Gasteiger partial charge in [0.1, 0.15) is 11.5 Å². The molecule has 1 aromatic heterocycles. The third-order valence-corrected chi connectivity index (χ3v) is 2.63. The lowest BCUT2D eigenvalue weighted by Crippen LogP contribution is -1.91. The van der Waals surface area contributed by atoms with E-state index in [9.17, 15) is 0 Å². The van der Waals surface area contributed by atoms with Crippen molar-refractivity contribution in [2.45, 2.75) is 53.4 Å². The summed E-state index contributed by atoms with van der Waals surface area (Å²) >= 11 is 0. The lowest BCUT2D eigenvalue weighted by Gasteiger charge is -1.99. The average molecular weight is 180 g/mol. The van der Waals surface area contributed by atoms with Gasteiger partial charge in [-0.25, -0.2) is 0 Å². The minimum atomic E-state index is 1.02. The number of hydrogen-bond acceptors (Lipinski definition) is 1. The minimum Gasteiger partial charge on any atom is -0.466 e. The van der Waals surface area contributed by atoms with E-state index < -0.39 is 0 Å². The van der Waals surface area contributed by atoms with Crippen LogP contribution >= 0.6 is 0 Å². The molecule has 0 aliphatic rings. The molecule has 0 radical (unpaired) electrons. The van der Waals surface area contributed by atoms with Crippen LogP contribution in [0.3, 0.4) is 0 Å². The molecule has 0 bridgehead atoms. The van der Waals surface area contributed by atoms with Gasteiger partial charge in [-0.1, -0.05) is 27.7 Å². The zero-order chi connectivity index (χ0) is 9.84. The lowest BCUT2D eigenvalue weighted by atomic mass is 10.0. The van der Waals surface area contributed by atoms with E-state index in [0.29, 0.717) is 0 Å². The molecule has 0 unspecified atom stereocenters. The number of hydrogen-bond donors (Lipinski definition) is 0. The number of aryl methyl sites for hydroxylation is 2. The van der Waals surface area contributed by atoms with E-state index in [-0.39, 0.29) is 0 Å². The highest BCUT2D eigenvalue weighted by molar-refractivity contribution is 5.34. The van der Waals surface area contributed by atoms with E-state index in [0.717, 1.165) is 25.7 Å². The molecule has 1 heterocycles. The topological polar surface area (TPSA) is 13.1 Å². The second-order valence-corrected chi connectivity index (χ2v) is 3.32. The Kier molecular flexibility index (Phi) is 3.58. The quantitative estimate of drug-likeness (QED) is 0.691. The van der Waals surface area contributed by atoms with Crippen molar-refractivity contribution in [1.82, 2.24) is 0 Å². The summed E-state index contributed by atoms with van der Waals surface area (Å²) in [5.74, 6) is 2.41. The summed E-state index contributed by atoms with van der Waals surface area (Å²) in [6.45, 7) is 8.75. The third kappa shape index (κ3) is 1.79. The van der Waals surface area contributed by atoms with E-state index in [1.165, 1.54) is 22.6 Å². The monoisotopic (exact) mass is 180 g/mol. The van der Waals surface area contributed by atoms with E-state index >= 15 is 0 Å². The van der Waals surface area contributed by atoms with Crippen LogP contribution in [-0.4, -0.2) is 0 Å². The maximum Gasteiger partial charge on any atom is 0.107 e. The zero-order valence-electron chi connectivity index (χ0n) is 9.24. The first-order valence-corrected chi connectivity index (χ1v) is 5.40. The van der Waals surface area contributed by atoms with Crippen molar-refractivity contribution in [3.05, 3.63) is 22.6 Å². The Bertz CT molecular complexity index is 244. The van der Waals surface area contributed by atoms with Crippen LogP contribution < -0.4 is 0 Å². The van der Waals surface area contributed by atoms with Crippen molar-refractivity contribution in [3.63, 3.8) is 0 Å². The van der Waals surface area contributed by atoms with Crippen LogP contribution in [0.15, 0.2) is 4.42 Å². The molecule has 1 heteroatoms. The molecule has 74 valence electrons. The molecule has 13 heavy (non-hydrogen) atoms. The van der Waals surface area contributed by atoms with E-state index in [2.05, 4.69) is 27.7 Å². The van der Waals surface area contributed by atoms with E-state index in [1.807, 2.05) is 0 Å². The van der Waals surface area contributed by atoms with Gasteiger partial charge in [0.05, 0.1) is 0 Å². The summed E-state index contributed by atoms with van der Waals surface area (Å²) in [6.07, 6.45) is 4.26. The van der Waals surface area contributed by atoms with Gasteiger partial charge >= 0.3 is 0 Å². The summed E-state index contributed by atoms with van der Waals surface area (Å²) in [6, 6.07) is 0. The van der Waals surface area contributed by atoms with Gasteiger partial charge in [-0.15, -0.1) is 0 Å². The molecule has 0 aromatic carbocycles. The largest absolute Gasteiger partial charge is 0.466 e. The Morgan fingerprint density at radius 1 is 0.692 bits per heavy atom. The van der Waals surface area contributed by atoms with Gasteiger partial charge in [0, 0.05) is 12.8 Å². The van der Waals surface area contributed by atoms with Crippen molar-refractivity contribution >= 4 is 0 Å². The maximum atomic E-state index is 5.83. The summed E-state index contributed by atoms with van der Waals surface area (Å²) in [4.78, 5) is 0. The summed E-state index contributed by atoms with van der Waals surface area (Å²) in [7, 11) is 0. The lowest BCUT2D eigenvalue weighted by molar-refractivity contribution is 0.469. The molecular formula is C12H20O. The Morgan fingerprint density at radius 3 is 1.31 bits per heavy atom. The summed E-state index contributed by atoms with van der Waals surface area (Å²) in [5, 5.41) is 0. The fraction of sp³-hybridized carbons (Fsp3) is 0.667. The smallest absolute Gasteiger partial charge is 0.107 e. The zero-order valence-corrected chi connectivity index (χ0v) is 9.24. The van der Waals surface area contributed by atoms with Crippen molar-refractivity contribution in [1.29, 1.82) is 0 Å². The van der Waals surface area contributed by atoms with Crippen molar-refractivity contribution in [2.24, 2.45) is 0 Å². The van der Waals surface area contributed by atoms with Gasteiger partial charge in [-0.3, -0.25) is 0 Å². The van der Waals surface area contributed by atoms with Crippen LogP contribution in [0, 0.1) is 0 Å². The van der Waals surface area contributed by atoms with Gasteiger partial charge in [0.2, 0.25) is 0 Å². The number of rotatable bonds is 4. The Labute approximate surface area is 81.1 Å². The minimum absolute atomic E-state index is 1.02. The average Bonchev–Trinajstić information content (AvgIpc) is 2.54. The summed E-state index contributed by atoms with van der Waals surface area (Å²) < 4.78 is 5.83. The van der Waals surface area contributed by atoms with Gasteiger partial charge < -0.3 is 4.42 Å². The first-order valence-electron chi connectivity index (χ1n) is 5.40. The molecule has 0 saturated carbocycles. The van der Waals surface area contributed by atoms with Crippen LogP contribution in [0.2, 0.25) is 0 Å². The van der Waals surface area contributed by atoms with E-state index in [1.54, 1.807) is 0 Å². The van der Waals surface area contributed by atoms with Crippen LogP contribution in [0.4, 0.5) is 0 Å². The molecule has 0 atom stereocenters. The highest BCUT2D eigenvalue weighted by atomic mass is 16.3. The van der Waals surface area contributed by atoms with Gasteiger partial charge in [-0.05, 0) is 24.0 Å². The fourth-order valence-electron chi connectivity index (χ4n) is 2.00. The van der Waals surface area contributed by atoms with Crippen LogP contribution in [0.25, 0.3) is 0 Å². The molecule has 0 aliphatic heterocycles. The maximum absolute atomic E-state index is 5.83. The van der Waals surface area contributed by atoms with Crippen molar-refractivity contribution in [3.8, 4) is 0 Å². The van der Waals surface area contributed by atoms with Crippen LogP contribution in [-0.2, 0) is 25.7 Å². The Morgan fingerprint density at radius 2 is 1.08 bits per heavy atom. The highest BCUT2D eigenvalue weighted by Gasteiger charge is 2.14. The van der Waals surface area contributed by atoms with Gasteiger partial charge in [-0.2, -0.15) is 0 Å². The standard InChI is InChI=1S/C12H20O/c1-5-9-10(6-2)12(8-4)13-11(9)7-3/h5-8H2,1-4H3. The predicted octanol–water partition coefficient (Wildman–Crippen LogP) is 3.53. The molecular weight excluding hydrogens is 160 g/mol. The predicted molar refractivity (Wildman–Crippen MR) is 56.2 cm³/mol. The molecule has 1 aromatic rings. The van der Waals surface area contributed by atoms with Crippen molar-refractivity contribution < 1.29 is 4.42 Å². The van der Waals surface area contributed by atoms with Crippen LogP contribution in [0.1, 0.15) is 50.3 Å².